The smallest absolute Gasteiger partial charge is 0.246 e. The van der Waals surface area contributed by atoms with Crippen LogP contribution in [0.3, 0.4) is 0 Å². The van der Waals surface area contributed by atoms with E-state index in [1.54, 1.807) is 0 Å². The average Bonchev–Trinajstić information content (AvgIpc) is 3.24. The lowest BCUT2D eigenvalue weighted by Gasteiger charge is -2.35. The number of hydrogen-bond donors (Lipinski definition) is 1. The Bertz CT molecular complexity index is 449. The van der Waals surface area contributed by atoms with Gasteiger partial charge < -0.3 is 15.0 Å². The van der Waals surface area contributed by atoms with Crippen molar-refractivity contribution in [2.75, 3.05) is 31.2 Å². The van der Waals surface area contributed by atoms with Gasteiger partial charge in [-0.05, 0) is 26.7 Å². The van der Waals surface area contributed by atoms with Crippen LogP contribution in [-0.2, 0) is 4.74 Å². The molecule has 2 heterocycles. The van der Waals surface area contributed by atoms with Crippen molar-refractivity contribution in [1.29, 1.82) is 0 Å². The second kappa shape index (κ2) is 5.38. The molecule has 1 saturated carbocycles. The molecule has 1 atom stereocenters. The van der Waals surface area contributed by atoms with Crippen LogP contribution in [-0.4, -0.2) is 53.6 Å². The Hall–Kier alpha value is -1.27. The molecule has 1 aliphatic heterocycles. The Labute approximate surface area is 113 Å². The van der Waals surface area contributed by atoms with Crippen molar-refractivity contribution in [3.63, 3.8) is 0 Å². The van der Waals surface area contributed by atoms with E-state index in [4.69, 9.17) is 4.74 Å². The van der Waals surface area contributed by atoms with Crippen molar-refractivity contribution in [2.24, 2.45) is 0 Å². The van der Waals surface area contributed by atoms with E-state index in [-0.39, 0.29) is 0 Å². The van der Waals surface area contributed by atoms with Gasteiger partial charge in [0, 0.05) is 19.1 Å². The molecule has 0 spiro atoms. The van der Waals surface area contributed by atoms with Crippen LogP contribution in [0.4, 0.5) is 5.95 Å². The summed E-state index contributed by atoms with van der Waals surface area (Å²) in [6, 6.07) is 1.01. The molecule has 1 aliphatic carbocycles. The molecule has 3 rings (SSSR count). The van der Waals surface area contributed by atoms with Gasteiger partial charge >= 0.3 is 0 Å². The first-order valence-electron chi connectivity index (χ1n) is 7.00. The maximum absolute atomic E-state index is 5.58. The van der Waals surface area contributed by atoms with Crippen molar-refractivity contribution in [1.82, 2.24) is 20.5 Å². The Kier molecular flexibility index (Phi) is 3.61. The zero-order chi connectivity index (χ0) is 13.2. The summed E-state index contributed by atoms with van der Waals surface area (Å²) in [7, 11) is 0. The summed E-state index contributed by atoms with van der Waals surface area (Å²) in [5.74, 6) is 0.731. The van der Waals surface area contributed by atoms with Crippen LogP contribution in [0.5, 0.6) is 0 Å². The van der Waals surface area contributed by atoms with Gasteiger partial charge in [0.25, 0.3) is 0 Å². The molecular formula is C13H21N5O. The largest absolute Gasteiger partial charge is 0.377 e. The third-order valence-corrected chi connectivity index (χ3v) is 3.78. The number of nitrogens with one attached hydrogen (secondary N) is 1. The van der Waals surface area contributed by atoms with Crippen LogP contribution in [0.15, 0.2) is 0 Å². The fourth-order valence-corrected chi connectivity index (χ4v) is 2.24. The first-order valence-corrected chi connectivity index (χ1v) is 7.00. The van der Waals surface area contributed by atoms with Crippen LogP contribution in [0, 0.1) is 13.8 Å². The molecule has 6 nitrogen and oxygen atoms in total. The molecule has 104 valence electrons. The zero-order valence-electron chi connectivity index (χ0n) is 11.6. The fraction of sp³-hybridized carbons (Fsp3) is 0.769. The van der Waals surface area contributed by atoms with Gasteiger partial charge in [0.2, 0.25) is 5.95 Å². The number of rotatable bonds is 4. The van der Waals surface area contributed by atoms with E-state index < -0.39 is 0 Å². The van der Waals surface area contributed by atoms with Gasteiger partial charge in [-0.15, -0.1) is 5.10 Å². The van der Waals surface area contributed by atoms with Crippen LogP contribution in [0.1, 0.15) is 24.2 Å². The van der Waals surface area contributed by atoms with Crippen molar-refractivity contribution >= 4 is 5.95 Å². The molecule has 0 radical (unpaired) electrons. The van der Waals surface area contributed by atoms with E-state index >= 15 is 0 Å². The highest BCUT2D eigenvalue weighted by atomic mass is 16.5. The van der Waals surface area contributed by atoms with E-state index in [0.29, 0.717) is 12.1 Å². The number of nitrogens with zero attached hydrogens (tertiary/aromatic N) is 4. The van der Waals surface area contributed by atoms with Gasteiger partial charge in [-0.2, -0.15) is 5.10 Å². The monoisotopic (exact) mass is 263 g/mol. The number of morpholine rings is 1. The highest BCUT2D eigenvalue weighted by Crippen LogP contribution is 2.20. The number of ether oxygens (including phenoxy) is 1. The first-order chi connectivity index (χ1) is 9.24. The van der Waals surface area contributed by atoms with Crippen LogP contribution in [0.2, 0.25) is 0 Å². The average molecular weight is 263 g/mol. The number of aromatic nitrogens is 3. The maximum Gasteiger partial charge on any atom is 0.246 e. The highest BCUT2D eigenvalue weighted by molar-refractivity contribution is 5.32. The van der Waals surface area contributed by atoms with Crippen LogP contribution >= 0.6 is 0 Å². The molecule has 0 amide bonds. The molecule has 0 aromatic carbocycles. The topological polar surface area (TPSA) is 63.2 Å². The van der Waals surface area contributed by atoms with Crippen molar-refractivity contribution < 1.29 is 4.74 Å². The third-order valence-electron chi connectivity index (χ3n) is 3.78. The minimum Gasteiger partial charge on any atom is -0.377 e. The van der Waals surface area contributed by atoms with Gasteiger partial charge in [0.15, 0.2) is 0 Å². The highest BCUT2D eigenvalue weighted by Gasteiger charge is 2.28. The predicted molar refractivity (Wildman–Crippen MR) is 72.3 cm³/mol. The zero-order valence-corrected chi connectivity index (χ0v) is 11.6. The number of aryl methyl sites for hydroxylation is 2. The molecule has 1 saturated heterocycles. The van der Waals surface area contributed by atoms with E-state index in [2.05, 4.69) is 25.4 Å². The van der Waals surface area contributed by atoms with E-state index in [1.165, 1.54) is 12.8 Å². The second-order valence-corrected chi connectivity index (χ2v) is 5.39. The Morgan fingerprint density at radius 3 is 2.84 bits per heavy atom. The molecular weight excluding hydrogens is 242 g/mol. The molecule has 1 aromatic rings. The number of anilines is 1. The summed E-state index contributed by atoms with van der Waals surface area (Å²) in [6.45, 7) is 7.14. The Morgan fingerprint density at radius 2 is 2.11 bits per heavy atom. The van der Waals surface area contributed by atoms with Gasteiger partial charge in [-0.3, -0.25) is 0 Å². The quantitative estimate of drug-likeness (QED) is 0.851. The Balaban J connectivity index is 1.72. The van der Waals surface area contributed by atoms with Crippen molar-refractivity contribution in [2.45, 2.75) is 38.8 Å². The molecule has 6 heteroatoms. The summed E-state index contributed by atoms with van der Waals surface area (Å²) in [6.07, 6.45) is 2.60. The third kappa shape index (κ3) is 3.01. The normalized spacial score (nSPS) is 23.7. The molecule has 1 aromatic heterocycles. The molecule has 1 unspecified atom stereocenters. The lowest BCUT2D eigenvalue weighted by atomic mass is 10.2. The maximum atomic E-state index is 5.58. The summed E-state index contributed by atoms with van der Waals surface area (Å²) in [5, 5.41) is 12.0. The van der Waals surface area contributed by atoms with E-state index in [1.807, 2.05) is 13.8 Å². The molecule has 1 N–H and O–H groups in total. The standard InChI is InChI=1S/C13H21N5O/c1-9-10(2)16-17-13(15-9)18-5-6-19-8-12(18)7-14-11-3-4-11/h11-12,14H,3-8H2,1-2H3. The van der Waals surface area contributed by atoms with E-state index in [9.17, 15) is 0 Å². The summed E-state index contributed by atoms with van der Waals surface area (Å²) in [5.41, 5.74) is 1.84. The lowest BCUT2D eigenvalue weighted by Crippen LogP contribution is -2.51. The van der Waals surface area contributed by atoms with Gasteiger partial charge in [-0.25, -0.2) is 4.98 Å². The Morgan fingerprint density at radius 1 is 1.26 bits per heavy atom. The summed E-state index contributed by atoms with van der Waals surface area (Å²) >= 11 is 0. The molecule has 2 aliphatic rings. The second-order valence-electron chi connectivity index (χ2n) is 5.39. The lowest BCUT2D eigenvalue weighted by molar-refractivity contribution is 0.0926. The SMILES string of the molecule is Cc1nnc(N2CCOCC2CNC2CC2)nc1C. The van der Waals surface area contributed by atoms with Gasteiger partial charge in [0.05, 0.1) is 30.6 Å². The predicted octanol–water partition coefficient (Wildman–Crippen LogP) is 0.446. The molecule has 0 bridgehead atoms. The summed E-state index contributed by atoms with van der Waals surface area (Å²) in [4.78, 5) is 6.78. The minimum absolute atomic E-state index is 0.304. The fourth-order valence-electron chi connectivity index (χ4n) is 2.24. The summed E-state index contributed by atoms with van der Waals surface area (Å²) < 4.78 is 5.58. The van der Waals surface area contributed by atoms with Crippen LogP contribution in [0.25, 0.3) is 0 Å². The first kappa shape index (κ1) is 12.7. The van der Waals surface area contributed by atoms with E-state index in [0.717, 1.165) is 43.6 Å². The molecule has 2 fully saturated rings. The van der Waals surface area contributed by atoms with Crippen molar-refractivity contribution in [3.8, 4) is 0 Å². The molecule has 19 heavy (non-hydrogen) atoms. The van der Waals surface area contributed by atoms with Gasteiger partial charge in [0.1, 0.15) is 0 Å². The van der Waals surface area contributed by atoms with Crippen LogP contribution < -0.4 is 10.2 Å². The van der Waals surface area contributed by atoms with Crippen molar-refractivity contribution in [3.05, 3.63) is 11.4 Å². The van der Waals surface area contributed by atoms with Gasteiger partial charge in [-0.1, -0.05) is 0 Å². The minimum atomic E-state index is 0.304. The number of hydrogen-bond acceptors (Lipinski definition) is 6.